The molecule has 1 aliphatic heterocycles. The molecule has 1 saturated heterocycles. The highest BCUT2D eigenvalue weighted by molar-refractivity contribution is 5.93. The third kappa shape index (κ3) is 5.55. The van der Waals surface area contributed by atoms with Crippen LogP contribution in [0.25, 0.3) is 0 Å². The Labute approximate surface area is 152 Å². The molecule has 0 unspecified atom stereocenters. The summed E-state index contributed by atoms with van der Waals surface area (Å²) >= 11 is 0. The number of nitrogens with one attached hydrogen (secondary N) is 1. The first-order valence-electron chi connectivity index (χ1n) is 10.1. The Morgan fingerprint density at radius 3 is 2.44 bits per heavy atom. The molecule has 1 heterocycles. The van der Waals surface area contributed by atoms with Gasteiger partial charge < -0.3 is 10.2 Å². The van der Waals surface area contributed by atoms with E-state index in [2.05, 4.69) is 28.1 Å². The molecule has 0 aromatic heterocycles. The van der Waals surface area contributed by atoms with Crippen LogP contribution in [-0.4, -0.2) is 55.0 Å². The fourth-order valence-electron chi connectivity index (χ4n) is 4.21. The molecular weight excluding hydrogens is 310 g/mol. The molecule has 1 aliphatic carbocycles. The number of nitrogens with zero attached hydrogens (tertiary/aromatic N) is 2. The number of piperazine rings is 1. The Hall–Kier alpha value is -1.39. The Morgan fingerprint density at radius 1 is 1.04 bits per heavy atom. The van der Waals surface area contributed by atoms with Crippen molar-refractivity contribution in [1.82, 2.24) is 9.80 Å². The molecule has 1 amide bonds. The molecule has 3 rings (SSSR count). The number of amides is 1. The van der Waals surface area contributed by atoms with Gasteiger partial charge in [0.25, 0.3) is 0 Å². The second-order valence-corrected chi connectivity index (χ2v) is 7.64. The van der Waals surface area contributed by atoms with E-state index in [4.69, 9.17) is 0 Å². The van der Waals surface area contributed by atoms with Gasteiger partial charge in [-0.25, -0.2) is 0 Å². The summed E-state index contributed by atoms with van der Waals surface area (Å²) in [4.78, 5) is 17.3. The van der Waals surface area contributed by atoms with Gasteiger partial charge >= 0.3 is 0 Å². The molecule has 2 aliphatic rings. The van der Waals surface area contributed by atoms with Gasteiger partial charge in [0.2, 0.25) is 5.91 Å². The molecule has 4 nitrogen and oxygen atoms in total. The summed E-state index contributed by atoms with van der Waals surface area (Å²) in [5.41, 5.74) is 2.17. The minimum atomic E-state index is 0.113. The Balaban J connectivity index is 1.40. The van der Waals surface area contributed by atoms with E-state index in [1.54, 1.807) is 0 Å². The Bertz CT molecular complexity index is 546. The van der Waals surface area contributed by atoms with Gasteiger partial charge in [-0.1, -0.05) is 44.4 Å². The number of carbonyl (C=O) groups excluding carboxylic acids is 1. The number of hydrogen-bond acceptors (Lipinski definition) is 3. The smallest absolute Gasteiger partial charge is 0.238 e. The Morgan fingerprint density at radius 2 is 1.72 bits per heavy atom. The maximum Gasteiger partial charge on any atom is 0.238 e. The third-order valence-electron chi connectivity index (χ3n) is 5.75. The summed E-state index contributed by atoms with van der Waals surface area (Å²) in [6.45, 7) is 8.13. The SMILES string of the molecule is CCc1ccccc1NC(=O)CN1CCN(CC2CCCCC2)CC1. The van der Waals surface area contributed by atoms with Crippen LogP contribution in [-0.2, 0) is 11.2 Å². The molecule has 0 radical (unpaired) electrons. The van der Waals surface area contributed by atoms with E-state index < -0.39 is 0 Å². The lowest BCUT2D eigenvalue weighted by Gasteiger charge is -2.37. The quantitative estimate of drug-likeness (QED) is 0.860. The van der Waals surface area contributed by atoms with Crippen molar-refractivity contribution in [1.29, 1.82) is 0 Å². The van der Waals surface area contributed by atoms with Crippen molar-refractivity contribution in [2.45, 2.75) is 45.4 Å². The van der Waals surface area contributed by atoms with Crippen LogP contribution in [0.1, 0.15) is 44.6 Å². The lowest BCUT2D eigenvalue weighted by molar-refractivity contribution is -0.117. The molecule has 1 saturated carbocycles. The van der Waals surface area contributed by atoms with Gasteiger partial charge in [-0.05, 0) is 36.8 Å². The van der Waals surface area contributed by atoms with Crippen LogP contribution in [0, 0.1) is 5.92 Å². The van der Waals surface area contributed by atoms with Crippen LogP contribution in [0.15, 0.2) is 24.3 Å². The molecule has 25 heavy (non-hydrogen) atoms. The highest BCUT2D eigenvalue weighted by Crippen LogP contribution is 2.24. The fraction of sp³-hybridized carbons (Fsp3) is 0.667. The zero-order valence-corrected chi connectivity index (χ0v) is 15.7. The monoisotopic (exact) mass is 343 g/mol. The van der Waals surface area contributed by atoms with Crippen LogP contribution in [0.4, 0.5) is 5.69 Å². The number of anilines is 1. The van der Waals surface area contributed by atoms with Crippen molar-refractivity contribution in [3.8, 4) is 0 Å². The number of benzene rings is 1. The second-order valence-electron chi connectivity index (χ2n) is 7.64. The fourth-order valence-corrected chi connectivity index (χ4v) is 4.21. The number of hydrogen-bond donors (Lipinski definition) is 1. The molecule has 1 N–H and O–H groups in total. The topological polar surface area (TPSA) is 35.6 Å². The van der Waals surface area contributed by atoms with Crippen LogP contribution in [0.2, 0.25) is 0 Å². The van der Waals surface area contributed by atoms with Gasteiger partial charge in [-0.2, -0.15) is 0 Å². The normalized spacial score (nSPS) is 20.5. The second kappa shape index (κ2) is 9.35. The van der Waals surface area contributed by atoms with Gasteiger partial charge in [0.05, 0.1) is 6.54 Å². The zero-order valence-electron chi connectivity index (χ0n) is 15.7. The van der Waals surface area contributed by atoms with Crippen LogP contribution >= 0.6 is 0 Å². The summed E-state index contributed by atoms with van der Waals surface area (Å²) in [6.07, 6.45) is 8.05. The first-order chi connectivity index (χ1) is 12.2. The summed E-state index contributed by atoms with van der Waals surface area (Å²) in [6, 6.07) is 8.09. The van der Waals surface area contributed by atoms with Crippen LogP contribution in [0.3, 0.4) is 0 Å². The van der Waals surface area contributed by atoms with Crippen molar-refractivity contribution in [2.75, 3.05) is 44.6 Å². The third-order valence-corrected chi connectivity index (χ3v) is 5.75. The van der Waals surface area contributed by atoms with Crippen molar-refractivity contribution in [2.24, 2.45) is 5.92 Å². The average molecular weight is 344 g/mol. The molecular formula is C21H33N3O. The van der Waals surface area contributed by atoms with Gasteiger partial charge in [-0.15, -0.1) is 0 Å². The maximum absolute atomic E-state index is 12.4. The van der Waals surface area contributed by atoms with Gasteiger partial charge in [0.15, 0.2) is 0 Å². The van der Waals surface area contributed by atoms with E-state index in [0.29, 0.717) is 6.54 Å². The maximum atomic E-state index is 12.4. The van der Waals surface area contributed by atoms with E-state index in [1.807, 2.05) is 18.2 Å². The summed E-state index contributed by atoms with van der Waals surface area (Å²) in [5, 5.41) is 3.09. The number of para-hydroxylation sites is 1. The van der Waals surface area contributed by atoms with Gasteiger partial charge in [-0.3, -0.25) is 9.69 Å². The van der Waals surface area contributed by atoms with Crippen LogP contribution in [0.5, 0.6) is 0 Å². The number of aryl methyl sites for hydroxylation is 1. The molecule has 0 bridgehead atoms. The zero-order chi connectivity index (χ0) is 17.5. The minimum Gasteiger partial charge on any atom is -0.325 e. The molecule has 0 spiro atoms. The van der Waals surface area contributed by atoms with E-state index in [9.17, 15) is 4.79 Å². The summed E-state index contributed by atoms with van der Waals surface area (Å²) in [5.74, 6) is 1.02. The summed E-state index contributed by atoms with van der Waals surface area (Å²) in [7, 11) is 0. The predicted octanol–water partition coefficient (Wildman–Crippen LogP) is 3.39. The highest BCUT2D eigenvalue weighted by atomic mass is 16.2. The summed E-state index contributed by atoms with van der Waals surface area (Å²) < 4.78 is 0. The predicted molar refractivity (Wildman–Crippen MR) is 104 cm³/mol. The van der Waals surface area contributed by atoms with E-state index in [1.165, 1.54) is 44.2 Å². The van der Waals surface area contributed by atoms with E-state index in [-0.39, 0.29) is 5.91 Å². The number of carbonyl (C=O) groups is 1. The molecule has 138 valence electrons. The lowest BCUT2D eigenvalue weighted by Crippen LogP contribution is -2.49. The molecule has 4 heteroatoms. The van der Waals surface area contributed by atoms with Crippen molar-refractivity contribution in [3.63, 3.8) is 0 Å². The Kier molecular flexibility index (Phi) is 6.88. The molecule has 1 aromatic rings. The first-order valence-corrected chi connectivity index (χ1v) is 10.1. The van der Waals surface area contributed by atoms with Gasteiger partial charge in [0, 0.05) is 38.4 Å². The molecule has 1 aromatic carbocycles. The van der Waals surface area contributed by atoms with Crippen molar-refractivity contribution < 1.29 is 4.79 Å². The van der Waals surface area contributed by atoms with Crippen LogP contribution < -0.4 is 5.32 Å². The van der Waals surface area contributed by atoms with Crippen molar-refractivity contribution >= 4 is 11.6 Å². The standard InChI is InChI=1S/C21H33N3O/c1-2-19-10-6-7-11-20(19)22-21(25)17-24-14-12-23(13-15-24)16-18-8-4-3-5-9-18/h6-7,10-11,18H,2-5,8-9,12-17H2,1H3,(H,22,25). The van der Waals surface area contributed by atoms with Gasteiger partial charge in [0.1, 0.15) is 0 Å². The lowest BCUT2D eigenvalue weighted by atomic mass is 9.89. The molecule has 2 fully saturated rings. The van der Waals surface area contributed by atoms with E-state index in [0.717, 1.165) is 44.2 Å². The van der Waals surface area contributed by atoms with Crippen molar-refractivity contribution in [3.05, 3.63) is 29.8 Å². The largest absolute Gasteiger partial charge is 0.325 e. The average Bonchev–Trinajstić information content (AvgIpc) is 2.64. The molecule has 0 atom stereocenters. The highest BCUT2D eigenvalue weighted by Gasteiger charge is 2.22. The first kappa shape index (κ1) is 18.4. The minimum absolute atomic E-state index is 0.113. The number of rotatable bonds is 6. The van der Waals surface area contributed by atoms with E-state index >= 15 is 0 Å².